The van der Waals surface area contributed by atoms with Gasteiger partial charge in [-0.2, -0.15) is 0 Å². The fourth-order valence-corrected chi connectivity index (χ4v) is 2.61. The molecule has 1 aromatic rings. The maximum atomic E-state index is 12.0. The molecule has 1 N–H and O–H groups in total. The minimum atomic E-state index is -0.455. The molecule has 1 rings (SSSR count). The van der Waals surface area contributed by atoms with Gasteiger partial charge >= 0.3 is 6.09 Å². The van der Waals surface area contributed by atoms with Crippen molar-refractivity contribution in [3.8, 4) is 0 Å². The summed E-state index contributed by atoms with van der Waals surface area (Å²) in [7, 11) is 1.79. The number of hydrogen-bond donors (Lipinski definition) is 1. The van der Waals surface area contributed by atoms with Crippen LogP contribution in [0.3, 0.4) is 0 Å². The van der Waals surface area contributed by atoms with Crippen LogP contribution >= 0.6 is 0 Å². The molecule has 0 spiro atoms. The van der Waals surface area contributed by atoms with E-state index in [0.29, 0.717) is 18.4 Å². The quantitative estimate of drug-likeness (QED) is 0.757. The van der Waals surface area contributed by atoms with Crippen LogP contribution < -0.4 is 5.32 Å². The molecule has 0 aliphatic carbocycles. The zero-order valence-corrected chi connectivity index (χ0v) is 17.2. The summed E-state index contributed by atoms with van der Waals surface area (Å²) < 4.78 is 5.39. The Kier molecular flexibility index (Phi) is 7.94. The monoisotopic (exact) mass is 348 g/mol. The van der Waals surface area contributed by atoms with Crippen LogP contribution in [0.4, 0.5) is 4.79 Å². The summed E-state index contributed by atoms with van der Waals surface area (Å²) in [6.45, 7) is 15.9. The number of rotatable bonds is 7. The molecule has 25 heavy (non-hydrogen) atoms. The van der Waals surface area contributed by atoms with E-state index in [0.717, 1.165) is 6.54 Å². The lowest BCUT2D eigenvalue weighted by molar-refractivity contribution is 0.0276. The molecule has 2 unspecified atom stereocenters. The summed E-state index contributed by atoms with van der Waals surface area (Å²) in [5.41, 5.74) is 2.20. The van der Waals surface area contributed by atoms with Crippen LogP contribution in [0.15, 0.2) is 24.3 Å². The highest BCUT2D eigenvalue weighted by atomic mass is 16.6. The summed E-state index contributed by atoms with van der Waals surface area (Å²) in [6.07, 6.45) is -0.267. The number of carbonyl (C=O) groups is 1. The van der Waals surface area contributed by atoms with E-state index in [2.05, 4.69) is 57.3 Å². The van der Waals surface area contributed by atoms with Crippen molar-refractivity contribution in [3.63, 3.8) is 0 Å². The average Bonchev–Trinajstić information content (AvgIpc) is 2.51. The number of nitrogens with zero attached hydrogens (tertiary/aromatic N) is 1. The largest absolute Gasteiger partial charge is 0.444 e. The van der Waals surface area contributed by atoms with Gasteiger partial charge in [0.2, 0.25) is 0 Å². The molecular weight excluding hydrogens is 312 g/mol. The maximum Gasteiger partial charge on any atom is 0.410 e. The number of amides is 1. The van der Waals surface area contributed by atoms with Crippen molar-refractivity contribution in [1.82, 2.24) is 10.2 Å². The molecule has 142 valence electrons. The van der Waals surface area contributed by atoms with E-state index in [9.17, 15) is 4.79 Å². The molecular formula is C21H36N2O2. The van der Waals surface area contributed by atoms with Gasteiger partial charge in [-0.3, -0.25) is 0 Å². The highest BCUT2D eigenvalue weighted by molar-refractivity contribution is 5.67. The summed E-state index contributed by atoms with van der Waals surface area (Å²) in [5.74, 6) is 0.899. The van der Waals surface area contributed by atoms with Crippen molar-refractivity contribution in [2.24, 2.45) is 5.92 Å². The van der Waals surface area contributed by atoms with Gasteiger partial charge in [0.1, 0.15) is 5.60 Å². The van der Waals surface area contributed by atoms with Crippen LogP contribution in [-0.2, 0) is 4.74 Å². The molecule has 2 atom stereocenters. The normalized spacial score (nSPS) is 14.3. The first-order chi connectivity index (χ1) is 11.5. The Labute approximate surface area is 153 Å². The summed E-state index contributed by atoms with van der Waals surface area (Å²) >= 11 is 0. The van der Waals surface area contributed by atoms with Gasteiger partial charge in [0.05, 0.1) is 0 Å². The van der Waals surface area contributed by atoms with Gasteiger partial charge in [0.15, 0.2) is 0 Å². The Morgan fingerprint density at radius 1 is 1.08 bits per heavy atom. The van der Waals surface area contributed by atoms with Crippen LogP contribution in [0.2, 0.25) is 0 Å². The molecule has 4 heteroatoms. The Hall–Kier alpha value is -1.55. The molecule has 0 heterocycles. The number of ether oxygens (including phenoxy) is 1. The SMILES string of the molecule is CC(CNC(C)c1ccc(C(C)C)cc1)CN(C)C(=O)OC(C)(C)C. The smallest absolute Gasteiger partial charge is 0.410 e. The van der Waals surface area contributed by atoms with Gasteiger partial charge in [-0.05, 0) is 57.2 Å². The molecule has 0 radical (unpaired) electrons. The van der Waals surface area contributed by atoms with Crippen molar-refractivity contribution < 1.29 is 9.53 Å². The van der Waals surface area contributed by atoms with Crippen LogP contribution in [0.1, 0.15) is 71.6 Å². The standard InChI is InChI=1S/C21H36N2O2/c1-15(2)18-9-11-19(12-10-18)17(4)22-13-16(3)14-23(8)20(24)25-21(5,6)7/h9-12,15-17,22H,13-14H2,1-8H3. The maximum absolute atomic E-state index is 12.0. The van der Waals surface area contributed by atoms with Crippen molar-refractivity contribution in [2.75, 3.05) is 20.1 Å². The molecule has 0 saturated carbocycles. The van der Waals surface area contributed by atoms with Gasteiger partial charge in [-0.1, -0.05) is 45.0 Å². The van der Waals surface area contributed by atoms with Crippen molar-refractivity contribution >= 4 is 6.09 Å². The zero-order chi connectivity index (χ0) is 19.2. The van der Waals surface area contributed by atoms with Gasteiger partial charge in [-0.25, -0.2) is 4.79 Å². The average molecular weight is 349 g/mol. The highest BCUT2D eigenvalue weighted by Crippen LogP contribution is 2.19. The second kappa shape index (κ2) is 9.23. The van der Waals surface area contributed by atoms with Gasteiger partial charge in [-0.15, -0.1) is 0 Å². The topological polar surface area (TPSA) is 41.6 Å². The minimum Gasteiger partial charge on any atom is -0.444 e. The lowest BCUT2D eigenvalue weighted by Crippen LogP contribution is -2.38. The third-order valence-electron chi connectivity index (χ3n) is 4.17. The molecule has 1 aromatic carbocycles. The van der Waals surface area contributed by atoms with E-state index in [1.807, 2.05) is 20.8 Å². The first kappa shape index (κ1) is 21.5. The number of hydrogen-bond acceptors (Lipinski definition) is 3. The second-order valence-corrected chi connectivity index (χ2v) is 8.42. The van der Waals surface area contributed by atoms with E-state index in [-0.39, 0.29) is 12.1 Å². The molecule has 4 nitrogen and oxygen atoms in total. The third-order valence-corrected chi connectivity index (χ3v) is 4.17. The van der Waals surface area contributed by atoms with Crippen molar-refractivity contribution in [1.29, 1.82) is 0 Å². The van der Waals surface area contributed by atoms with Crippen LogP contribution in [0, 0.1) is 5.92 Å². The van der Waals surface area contributed by atoms with E-state index in [4.69, 9.17) is 4.74 Å². The van der Waals surface area contributed by atoms with Gasteiger partial charge < -0.3 is 15.0 Å². The fourth-order valence-electron chi connectivity index (χ4n) is 2.61. The summed E-state index contributed by atoms with van der Waals surface area (Å²) in [6, 6.07) is 9.10. The van der Waals surface area contributed by atoms with Crippen LogP contribution in [0.5, 0.6) is 0 Å². The molecule has 0 aliphatic rings. The number of nitrogens with one attached hydrogen (secondary N) is 1. The van der Waals surface area contributed by atoms with Gasteiger partial charge in [0.25, 0.3) is 0 Å². The third kappa shape index (κ3) is 7.91. The van der Waals surface area contributed by atoms with E-state index in [1.54, 1.807) is 11.9 Å². The first-order valence-corrected chi connectivity index (χ1v) is 9.27. The minimum absolute atomic E-state index is 0.267. The Balaban J connectivity index is 2.44. The lowest BCUT2D eigenvalue weighted by Gasteiger charge is -2.27. The number of benzene rings is 1. The van der Waals surface area contributed by atoms with Gasteiger partial charge in [0, 0.05) is 19.6 Å². The van der Waals surface area contributed by atoms with E-state index in [1.165, 1.54) is 11.1 Å². The molecule has 1 amide bonds. The summed E-state index contributed by atoms with van der Waals surface area (Å²) in [5, 5.41) is 3.56. The number of carbonyl (C=O) groups excluding carboxylic acids is 1. The first-order valence-electron chi connectivity index (χ1n) is 9.27. The van der Waals surface area contributed by atoms with E-state index >= 15 is 0 Å². The predicted molar refractivity (Wildman–Crippen MR) is 105 cm³/mol. The van der Waals surface area contributed by atoms with Crippen LogP contribution in [-0.4, -0.2) is 36.7 Å². The Morgan fingerprint density at radius 2 is 1.60 bits per heavy atom. The molecule has 0 aliphatic heterocycles. The van der Waals surface area contributed by atoms with Crippen LogP contribution in [0.25, 0.3) is 0 Å². The van der Waals surface area contributed by atoms with Crippen molar-refractivity contribution in [3.05, 3.63) is 35.4 Å². The lowest BCUT2D eigenvalue weighted by atomic mass is 9.99. The summed E-state index contributed by atoms with van der Waals surface area (Å²) in [4.78, 5) is 13.7. The predicted octanol–water partition coefficient (Wildman–Crippen LogP) is 4.96. The zero-order valence-electron chi connectivity index (χ0n) is 17.2. The fraction of sp³-hybridized carbons (Fsp3) is 0.667. The molecule has 0 saturated heterocycles. The van der Waals surface area contributed by atoms with E-state index < -0.39 is 5.60 Å². The Morgan fingerprint density at radius 3 is 2.08 bits per heavy atom. The second-order valence-electron chi connectivity index (χ2n) is 8.42. The molecule has 0 fully saturated rings. The molecule has 0 aromatic heterocycles. The van der Waals surface area contributed by atoms with Crippen molar-refractivity contribution in [2.45, 2.75) is 66.0 Å². The Bertz CT molecular complexity index is 532. The highest BCUT2D eigenvalue weighted by Gasteiger charge is 2.20. The molecule has 0 bridgehead atoms.